The predicted octanol–water partition coefficient (Wildman–Crippen LogP) is 2.72. The zero-order valence-corrected chi connectivity index (χ0v) is 18.0. The minimum Gasteiger partial charge on any atom is -0.497 e. The first kappa shape index (κ1) is 20.8. The Balaban J connectivity index is 1.52. The van der Waals surface area contributed by atoms with Gasteiger partial charge in [-0.05, 0) is 43.2 Å². The fourth-order valence-corrected chi connectivity index (χ4v) is 4.06. The van der Waals surface area contributed by atoms with Crippen molar-refractivity contribution in [2.75, 3.05) is 20.8 Å². The van der Waals surface area contributed by atoms with Crippen molar-refractivity contribution in [2.24, 2.45) is 4.99 Å². The molecule has 1 saturated heterocycles. The Kier molecular flexibility index (Phi) is 5.86. The molecular weight excluding hydrogens is 392 g/mol. The maximum absolute atomic E-state index is 12.7. The highest BCUT2D eigenvalue weighted by atomic mass is 16.5. The van der Waals surface area contributed by atoms with E-state index in [1.165, 1.54) is 5.56 Å². The molecule has 0 spiro atoms. The monoisotopic (exact) mass is 419 g/mol. The summed E-state index contributed by atoms with van der Waals surface area (Å²) < 4.78 is 10.8. The van der Waals surface area contributed by atoms with Crippen LogP contribution in [0.3, 0.4) is 0 Å². The summed E-state index contributed by atoms with van der Waals surface area (Å²) in [7, 11) is 3.31. The van der Waals surface area contributed by atoms with Gasteiger partial charge in [-0.15, -0.1) is 0 Å². The fourth-order valence-electron chi connectivity index (χ4n) is 4.06. The highest BCUT2D eigenvalue weighted by Gasteiger charge is 2.24. The minimum atomic E-state index is -0.0611. The molecular formula is C24H27N4O3+. The molecule has 0 bridgehead atoms. The van der Waals surface area contributed by atoms with Crippen molar-refractivity contribution in [1.29, 1.82) is 5.41 Å². The molecule has 1 aliphatic heterocycles. The van der Waals surface area contributed by atoms with Crippen molar-refractivity contribution >= 4 is 22.6 Å². The number of rotatable bonds is 4. The SMILES string of the molecule is COc1cc(OC)cc([C@H]2CCC(=NC(=N)c3[nH]c4ccccc4c(=O)c3C)[NH2+]C2)c1. The first-order chi connectivity index (χ1) is 15.0. The van der Waals surface area contributed by atoms with Crippen LogP contribution in [0.1, 0.15) is 35.6 Å². The summed E-state index contributed by atoms with van der Waals surface area (Å²) in [6, 6.07) is 13.3. The van der Waals surface area contributed by atoms with Crippen molar-refractivity contribution in [3.05, 3.63) is 69.5 Å². The van der Waals surface area contributed by atoms with Gasteiger partial charge in [0.15, 0.2) is 11.3 Å². The molecule has 4 N–H and O–H groups in total. The average Bonchev–Trinajstić information content (AvgIpc) is 2.81. The number of hydrogen-bond acceptors (Lipinski definition) is 4. The molecule has 7 nitrogen and oxygen atoms in total. The van der Waals surface area contributed by atoms with Gasteiger partial charge in [0, 0.05) is 34.9 Å². The number of nitrogens with one attached hydrogen (secondary N) is 2. The van der Waals surface area contributed by atoms with Crippen LogP contribution in [0.15, 0.2) is 52.3 Å². The van der Waals surface area contributed by atoms with Gasteiger partial charge in [0.25, 0.3) is 0 Å². The molecule has 3 aromatic rings. The van der Waals surface area contributed by atoms with E-state index >= 15 is 0 Å². The first-order valence-electron chi connectivity index (χ1n) is 10.3. The first-order valence-corrected chi connectivity index (χ1v) is 10.3. The second kappa shape index (κ2) is 8.73. The van der Waals surface area contributed by atoms with E-state index in [4.69, 9.17) is 14.9 Å². The van der Waals surface area contributed by atoms with Gasteiger partial charge in [-0.25, -0.2) is 0 Å². The van der Waals surface area contributed by atoms with Gasteiger partial charge in [0.2, 0.25) is 5.84 Å². The summed E-state index contributed by atoms with van der Waals surface area (Å²) in [5, 5.41) is 11.2. The molecule has 0 aliphatic carbocycles. The Hall–Kier alpha value is -3.45. The van der Waals surface area contributed by atoms with E-state index in [0.29, 0.717) is 22.6 Å². The van der Waals surface area contributed by atoms with Gasteiger partial charge in [-0.2, -0.15) is 4.99 Å². The zero-order valence-electron chi connectivity index (χ0n) is 18.0. The smallest absolute Gasteiger partial charge is 0.201 e. The van der Waals surface area contributed by atoms with Gasteiger partial charge in [0.1, 0.15) is 11.5 Å². The molecule has 2 heterocycles. The van der Waals surface area contributed by atoms with Gasteiger partial charge in [-0.3, -0.25) is 10.2 Å². The van der Waals surface area contributed by atoms with Crippen molar-refractivity contribution in [3.8, 4) is 11.5 Å². The number of aromatic amines is 1. The number of nitrogens with zero attached hydrogens (tertiary/aromatic N) is 1. The van der Waals surface area contributed by atoms with Crippen molar-refractivity contribution in [2.45, 2.75) is 25.7 Å². The number of methoxy groups -OCH3 is 2. The predicted molar refractivity (Wildman–Crippen MR) is 122 cm³/mol. The molecule has 160 valence electrons. The van der Waals surface area contributed by atoms with Crippen molar-refractivity contribution in [3.63, 3.8) is 0 Å². The number of H-pyrrole nitrogens is 1. The van der Waals surface area contributed by atoms with E-state index in [-0.39, 0.29) is 11.3 Å². The van der Waals surface area contributed by atoms with Crippen LogP contribution in [0.25, 0.3) is 10.9 Å². The van der Waals surface area contributed by atoms with Crippen molar-refractivity contribution in [1.82, 2.24) is 4.98 Å². The summed E-state index contributed by atoms with van der Waals surface area (Å²) >= 11 is 0. The Bertz CT molecular complexity index is 1200. The third kappa shape index (κ3) is 4.22. The number of quaternary nitrogens is 1. The van der Waals surface area contributed by atoms with E-state index in [1.54, 1.807) is 27.2 Å². The number of aromatic nitrogens is 1. The molecule has 1 aromatic heterocycles. The molecule has 1 aliphatic rings. The number of hydrogen-bond donors (Lipinski definition) is 3. The van der Waals surface area contributed by atoms with Crippen LogP contribution in [0.2, 0.25) is 0 Å². The van der Waals surface area contributed by atoms with Gasteiger partial charge in [0.05, 0.1) is 26.5 Å². The molecule has 1 fully saturated rings. The van der Waals surface area contributed by atoms with E-state index in [9.17, 15) is 4.79 Å². The van der Waals surface area contributed by atoms with Crippen LogP contribution in [0, 0.1) is 12.3 Å². The van der Waals surface area contributed by atoms with Gasteiger partial charge < -0.3 is 19.8 Å². The molecule has 7 heteroatoms. The average molecular weight is 420 g/mol. The van der Waals surface area contributed by atoms with Crippen molar-refractivity contribution < 1.29 is 14.8 Å². The summed E-state index contributed by atoms with van der Waals surface area (Å²) in [5.41, 5.74) is 2.83. The number of nitrogens with two attached hydrogens (primary N) is 1. The van der Waals surface area contributed by atoms with Crippen LogP contribution < -0.4 is 20.2 Å². The lowest BCUT2D eigenvalue weighted by atomic mass is 9.91. The number of pyridine rings is 1. The number of fused-ring (bicyclic) bond motifs is 1. The zero-order chi connectivity index (χ0) is 22.0. The van der Waals surface area contributed by atoms with Crippen LogP contribution in [-0.4, -0.2) is 37.4 Å². The third-order valence-electron chi connectivity index (χ3n) is 5.87. The second-order valence-corrected chi connectivity index (χ2v) is 7.77. The summed E-state index contributed by atoms with van der Waals surface area (Å²) in [6.45, 7) is 2.57. The summed E-state index contributed by atoms with van der Waals surface area (Å²) in [4.78, 5) is 20.4. The Morgan fingerprint density at radius 2 is 1.87 bits per heavy atom. The largest absolute Gasteiger partial charge is 0.497 e. The normalized spacial score (nSPS) is 17.6. The Morgan fingerprint density at radius 3 is 2.52 bits per heavy atom. The lowest BCUT2D eigenvalue weighted by Crippen LogP contribution is -2.90. The number of benzene rings is 2. The van der Waals surface area contributed by atoms with Gasteiger partial charge >= 0.3 is 0 Å². The standard InChI is InChI=1S/C24H26N4O3/c1-14-22(27-20-7-5-4-6-19(20)23(14)29)24(25)28-21-9-8-15(13-26-21)16-10-17(30-2)12-18(11-16)31-3/h4-7,10-12,15H,8-9,13H2,1-3H3,(H,27,29)(H2,25,26,28)/p+1/t15-/m0/s1. The maximum Gasteiger partial charge on any atom is 0.201 e. The molecule has 0 amide bonds. The lowest BCUT2D eigenvalue weighted by molar-refractivity contribution is -0.551. The highest BCUT2D eigenvalue weighted by Crippen LogP contribution is 2.30. The topological polar surface area (TPSA) is 104 Å². The number of para-hydroxylation sites is 1. The van der Waals surface area contributed by atoms with Crippen LogP contribution in [-0.2, 0) is 0 Å². The molecule has 1 atom stereocenters. The Labute approximate surface area is 180 Å². The molecule has 0 saturated carbocycles. The number of piperidine rings is 1. The Morgan fingerprint density at radius 1 is 1.16 bits per heavy atom. The maximum atomic E-state index is 12.7. The molecule has 0 radical (unpaired) electrons. The van der Waals surface area contributed by atoms with E-state index in [2.05, 4.69) is 15.3 Å². The molecule has 0 unspecified atom stereocenters. The number of aliphatic imine (C=N–C) groups is 1. The second-order valence-electron chi connectivity index (χ2n) is 7.77. The van der Waals surface area contributed by atoms with Crippen LogP contribution in [0.4, 0.5) is 0 Å². The third-order valence-corrected chi connectivity index (χ3v) is 5.87. The molecule has 31 heavy (non-hydrogen) atoms. The van der Waals surface area contributed by atoms with Crippen LogP contribution in [0.5, 0.6) is 11.5 Å². The summed E-state index contributed by atoms with van der Waals surface area (Å²) in [6.07, 6.45) is 1.69. The van der Waals surface area contributed by atoms with Crippen LogP contribution >= 0.6 is 0 Å². The summed E-state index contributed by atoms with van der Waals surface area (Å²) in [5.74, 6) is 2.88. The fraction of sp³-hybridized carbons (Fsp3) is 0.292. The lowest BCUT2D eigenvalue weighted by Gasteiger charge is -2.22. The number of ether oxygens (including phenoxy) is 2. The number of amidine groups is 2. The van der Waals surface area contributed by atoms with E-state index < -0.39 is 0 Å². The van der Waals surface area contributed by atoms with E-state index in [0.717, 1.165) is 42.2 Å². The van der Waals surface area contributed by atoms with Gasteiger partial charge in [-0.1, -0.05) is 12.1 Å². The molecule has 4 rings (SSSR count). The molecule has 2 aromatic carbocycles. The highest BCUT2D eigenvalue weighted by molar-refractivity contribution is 6.03. The van der Waals surface area contributed by atoms with E-state index in [1.807, 2.05) is 36.4 Å². The minimum absolute atomic E-state index is 0.0611. The quantitative estimate of drug-likeness (QED) is 0.447.